The van der Waals surface area contributed by atoms with Crippen LogP contribution in [-0.4, -0.2) is 48.6 Å². The molecule has 3 rings (SSSR count). The number of hydrogen-bond donors (Lipinski definition) is 2. The third-order valence-electron chi connectivity index (χ3n) is 4.61. The van der Waals surface area contributed by atoms with Crippen LogP contribution in [0.5, 0.6) is 11.6 Å². The van der Waals surface area contributed by atoms with Crippen molar-refractivity contribution in [2.24, 2.45) is 5.92 Å². The van der Waals surface area contributed by atoms with E-state index in [1.807, 2.05) is 11.8 Å². The predicted octanol–water partition coefficient (Wildman–Crippen LogP) is 1.89. The average Bonchev–Trinajstić information content (AvgIpc) is 2.76. The van der Waals surface area contributed by atoms with Crippen LogP contribution in [0.4, 0.5) is 5.95 Å². The summed E-state index contributed by atoms with van der Waals surface area (Å²) in [6.07, 6.45) is 1.52. The highest BCUT2D eigenvalue weighted by Crippen LogP contribution is 2.22. The Kier molecular flexibility index (Phi) is 7.29. The molecule has 0 radical (unpaired) electrons. The number of halogens is 1. The highest BCUT2D eigenvalue weighted by Gasteiger charge is 2.27. The van der Waals surface area contributed by atoms with Crippen molar-refractivity contribution in [1.29, 1.82) is 0 Å². The summed E-state index contributed by atoms with van der Waals surface area (Å²) in [5.41, 5.74) is 5.64. The molecule has 0 bridgehead atoms. The van der Waals surface area contributed by atoms with Gasteiger partial charge in [-0.2, -0.15) is 4.98 Å². The molecule has 1 aliphatic heterocycles. The minimum absolute atomic E-state index is 0.227. The minimum atomic E-state index is -0.460. The summed E-state index contributed by atoms with van der Waals surface area (Å²) in [6.45, 7) is 2.84. The van der Waals surface area contributed by atoms with Gasteiger partial charge in [-0.25, -0.2) is 4.98 Å². The second-order valence-corrected chi connectivity index (χ2v) is 7.35. The quantitative estimate of drug-likeness (QED) is 0.670. The van der Waals surface area contributed by atoms with Crippen molar-refractivity contribution in [2.45, 2.75) is 19.8 Å². The molecule has 160 valence electrons. The van der Waals surface area contributed by atoms with Crippen LogP contribution in [-0.2, 0) is 9.59 Å². The lowest BCUT2D eigenvalue weighted by atomic mass is 9.98. The minimum Gasteiger partial charge on any atom is -0.484 e. The lowest BCUT2D eigenvalue weighted by Crippen LogP contribution is -2.50. The van der Waals surface area contributed by atoms with Gasteiger partial charge in [-0.15, -0.1) is 0 Å². The van der Waals surface area contributed by atoms with Gasteiger partial charge in [0.1, 0.15) is 5.75 Å². The Hall–Kier alpha value is -3.07. The summed E-state index contributed by atoms with van der Waals surface area (Å²) < 4.78 is 10.6. The van der Waals surface area contributed by atoms with Crippen LogP contribution in [0.15, 0.2) is 30.3 Å². The molecule has 10 heteroatoms. The topological polar surface area (TPSA) is 106 Å². The first-order valence-corrected chi connectivity index (χ1v) is 9.94. The molecule has 1 atom stereocenters. The number of hydrazine groups is 1. The third kappa shape index (κ3) is 5.96. The summed E-state index contributed by atoms with van der Waals surface area (Å²) in [5.74, 6) is 0.502. The van der Waals surface area contributed by atoms with Crippen LogP contribution >= 0.6 is 11.6 Å². The third-order valence-corrected chi connectivity index (χ3v) is 4.86. The number of rotatable bonds is 6. The second-order valence-electron chi connectivity index (χ2n) is 6.92. The van der Waals surface area contributed by atoms with Gasteiger partial charge in [0.15, 0.2) is 6.61 Å². The van der Waals surface area contributed by atoms with Crippen molar-refractivity contribution < 1.29 is 19.1 Å². The number of carbonyl (C=O) groups is 2. The number of methoxy groups -OCH3 is 1. The van der Waals surface area contributed by atoms with Gasteiger partial charge in [0.25, 0.3) is 5.91 Å². The van der Waals surface area contributed by atoms with Gasteiger partial charge >= 0.3 is 0 Å². The van der Waals surface area contributed by atoms with Gasteiger partial charge in [0.05, 0.1) is 13.0 Å². The first-order valence-electron chi connectivity index (χ1n) is 9.56. The fourth-order valence-corrected chi connectivity index (χ4v) is 3.22. The number of hydrogen-bond acceptors (Lipinski definition) is 7. The number of amides is 2. The number of anilines is 1. The van der Waals surface area contributed by atoms with E-state index >= 15 is 0 Å². The van der Waals surface area contributed by atoms with E-state index in [2.05, 4.69) is 20.8 Å². The Morgan fingerprint density at radius 1 is 1.23 bits per heavy atom. The van der Waals surface area contributed by atoms with E-state index < -0.39 is 5.91 Å². The van der Waals surface area contributed by atoms with Crippen molar-refractivity contribution in [2.75, 3.05) is 31.7 Å². The Labute approximate surface area is 179 Å². The van der Waals surface area contributed by atoms with E-state index in [1.165, 1.54) is 0 Å². The van der Waals surface area contributed by atoms with Crippen LogP contribution in [0.3, 0.4) is 0 Å². The molecule has 30 heavy (non-hydrogen) atoms. The van der Waals surface area contributed by atoms with E-state index in [-0.39, 0.29) is 18.4 Å². The molecule has 2 amide bonds. The van der Waals surface area contributed by atoms with Crippen molar-refractivity contribution in [3.63, 3.8) is 0 Å². The van der Waals surface area contributed by atoms with Gasteiger partial charge in [0, 0.05) is 29.9 Å². The Morgan fingerprint density at radius 2 is 2.00 bits per heavy atom. The van der Waals surface area contributed by atoms with Gasteiger partial charge in [-0.05, 0) is 44.0 Å². The molecule has 1 saturated heterocycles. The molecule has 0 aliphatic carbocycles. The summed E-state index contributed by atoms with van der Waals surface area (Å²) in [7, 11) is 1.55. The molecule has 1 aromatic heterocycles. The van der Waals surface area contributed by atoms with Crippen LogP contribution in [0.25, 0.3) is 0 Å². The molecular weight excluding hydrogens is 410 g/mol. The number of benzene rings is 1. The van der Waals surface area contributed by atoms with Gasteiger partial charge in [0.2, 0.25) is 17.7 Å². The SMILES string of the molecule is COc1cc(C)nc(N2CCC[C@@H](C(=O)NNC(=O)COc3ccc(Cl)cc3)C2)n1. The number of nitrogens with zero attached hydrogens (tertiary/aromatic N) is 3. The molecule has 0 spiro atoms. The Balaban J connectivity index is 1.48. The molecule has 2 heterocycles. The second kappa shape index (κ2) is 10.1. The zero-order chi connectivity index (χ0) is 21.5. The average molecular weight is 434 g/mol. The van der Waals surface area contributed by atoms with Crippen LogP contribution in [0.2, 0.25) is 5.02 Å². The zero-order valence-electron chi connectivity index (χ0n) is 16.9. The molecule has 2 aromatic rings. The number of aromatic nitrogens is 2. The monoisotopic (exact) mass is 433 g/mol. The van der Waals surface area contributed by atoms with Crippen LogP contribution < -0.4 is 25.2 Å². The number of piperidine rings is 1. The summed E-state index contributed by atoms with van der Waals surface area (Å²) >= 11 is 5.81. The molecule has 0 saturated carbocycles. The lowest BCUT2D eigenvalue weighted by molar-refractivity contribution is -0.132. The van der Waals surface area contributed by atoms with Crippen molar-refractivity contribution in [3.8, 4) is 11.6 Å². The maximum absolute atomic E-state index is 12.5. The van der Waals surface area contributed by atoms with Gasteiger partial charge in [-0.3, -0.25) is 20.4 Å². The Bertz CT molecular complexity index is 893. The molecule has 0 unspecified atom stereocenters. The van der Waals surface area contributed by atoms with Gasteiger partial charge < -0.3 is 14.4 Å². The number of aryl methyl sites for hydroxylation is 1. The molecule has 1 aromatic carbocycles. The van der Waals surface area contributed by atoms with E-state index in [0.717, 1.165) is 18.7 Å². The summed E-state index contributed by atoms with van der Waals surface area (Å²) in [4.78, 5) is 35.2. The maximum atomic E-state index is 12.5. The maximum Gasteiger partial charge on any atom is 0.276 e. The molecule has 9 nitrogen and oxygen atoms in total. The molecule has 2 N–H and O–H groups in total. The van der Waals surface area contributed by atoms with Crippen molar-refractivity contribution >= 4 is 29.4 Å². The van der Waals surface area contributed by atoms with E-state index in [4.69, 9.17) is 21.1 Å². The molecule has 1 fully saturated rings. The highest BCUT2D eigenvalue weighted by molar-refractivity contribution is 6.30. The number of ether oxygens (including phenoxy) is 2. The first-order chi connectivity index (χ1) is 14.4. The molecule has 1 aliphatic rings. The van der Waals surface area contributed by atoms with Gasteiger partial charge in [-0.1, -0.05) is 11.6 Å². The summed E-state index contributed by atoms with van der Waals surface area (Å²) in [5, 5.41) is 0.579. The number of carbonyl (C=O) groups excluding carboxylic acids is 2. The van der Waals surface area contributed by atoms with E-state index in [0.29, 0.717) is 35.6 Å². The summed E-state index contributed by atoms with van der Waals surface area (Å²) in [6, 6.07) is 8.40. The largest absolute Gasteiger partial charge is 0.484 e. The fourth-order valence-electron chi connectivity index (χ4n) is 3.09. The van der Waals surface area contributed by atoms with Crippen LogP contribution in [0.1, 0.15) is 18.5 Å². The van der Waals surface area contributed by atoms with Crippen molar-refractivity contribution in [1.82, 2.24) is 20.8 Å². The zero-order valence-corrected chi connectivity index (χ0v) is 17.6. The molecular formula is C20H24ClN5O4. The normalized spacial score (nSPS) is 16.0. The van der Waals surface area contributed by atoms with Crippen LogP contribution in [0, 0.1) is 12.8 Å². The Morgan fingerprint density at radius 3 is 2.73 bits per heavy atom. The number of nitrogens with one attached hydrogen (secondary N) is 2. The smallest absolute Gasteiger partial charge is 0.276 e. The predicted molar refractivity (Wildman–Crippen MR) is 111 cm³/mol. The standard InChI is InChI=1S/C20H24ClN5O4/c1-13-10-18(29-2)23-20(22-13)26-9-3-4-14(11-26)19(28)25-24-17(27)12-30-16-7-5-15(21)6-8-16/h5-8,10,14H,3-4,9,11-12H2,1-2H3,(H,24,27)(H,25,28)/t14-/m1/s1. The van der Waals surface area contributed by atoms with E-state index in [1.54, 1.807) is 37.4 Å². The van der Waals surface area contributed by atoms with Crippen molar-refractivity contribution in [3.05, 3.63) is 41.0 Å². The highest BCUT2D eigenvalue weighted by atomic mass is 35.5. The van der Waals surface area contributed by atoms with E-state index in [9.17, 15) is 9.59 Å². The lowest BCUT2D eigenvalue weighted by Gasteiger charge is -2.32. The fraction of sp³-hybridized carbons (Fsp3) is 0.400. The first kappa shape index (κ1) is 21.6.